The summed E-state index contributed by atoms with van der Waals surface area (Å²) in [6, 6.07) is 0. The fourth-order valence-electron chi connectivity index (χ4n) is 1.05. The van der Waals surface area contributed by atoms with E-state index in [1.807, 2.05) is 34.9 Å². The fraction of sp³-hybridized carbons (Fsp3) is 0.571. The van der Waals surface area contributed by atoms with Crippen LogP contribution in [0.3, 0.4) is 0 Å². The first-order valence-electron chi connectivity index (χ1n) is 3.91. The van der Waals surface area contributed by atoms with Crippen LogP contribution < -0.4 is 4.57 Å². The Balaban J connectivity index is 2.36. The molecule has 0 amide bonds. The number of rotatable bonds is 4. The first kappa shape index (κ1) is 10.5. The molecule has 0 aliphatic rings. The van der Waals surface area contributed by atoms with Crippen molar-refractivity contribution in [3.05, 3.63) is 18.7 Å². The van der Waals surface area contributed by atoms with Crippen LogP contribution in [0.2, 0.25) is 0 Å². The molecule has 1 aromatic rings. The van der Waals surface area contributed by atoms with Crippen LogP contribution in [0.15, 0.2) is 18.7 Å². The molecule has 0 spiro atoms. The zero-order chi connectivity index (χ0) is 9.90. The van der Waals surface area contributed by atoms with Gasteiger partial charge in [-0.25, -0.2) is 17.6 Å². The molecule has 1 aromatic heterocycles. The van der Waals surface area contributed by atoms with E-state index in [1.165, 1.54) is 0 Å². The van der Waals surface area contributed by atoms with Crippen LogP contribution in [0.25, 0.3) is 0 Å². The Hall–Kier alpha value is -0.550. The quantitative estimate of drug-likeness (QED) is 0.543. The van der Waals surface area contributed by atoms with Crippen molar-refractivity contribution < 1.29 is 13.0 Å². The highest BCUT2D eigenvalue weighted by Crippen LogP contribution is 2.00. The third-order valence-corrected chi connectivity index (χ3v) is 2.87. The summed E-state index contributed by atoms with van der Waals surface area (Å²) in [5, 5.41) is 0. The minimum Gasteiger partial charge on any atom is -0.240 e. The van der Waals surface area contributed by atoms with E-state index in [1.54, 1.807) is 0 Å². The van der Waals surface area contributed by atoms with Gasteiger partial charge in [0.05, 0.1) is 19.3 Å². The van der Waals surface area contributed by atoms with Gasteiger partial charge in [0, 0.05) is 17.1 Å². The van der Waals surface area contributed by atoms with Gasteiger partial charge in [0.25, 0.3) is 0 Å². The highest BCUT2D eigenvalue weighted by molar-refractivity contribution is 8.13. The van der Waals surface area contributed by atoms with Gasteiger partial charge in [0.2, 0.25) is 15.4 Å². The van der Waals surface area contributed by atoms with Crippen LogP contribution in [0.5, 0.6) is 0 Å². The van der Waals surface area contributed by atoms with Crippen molar-refractivity contribution in [2.24, 2.45) is 7.05 Å². The molecule has 0 aromatic carbocycles. The molecule has 1 rings (SSSR count). The number of hydrogen-bond acceptors (Lipinski definition) is 2. The molecule has 0 aliphatic carbocycles. The molecule has 4 nitrogen and oxygen atoms in total. The third kappa shape index (κ3) is 4.28. The lowest BCUT2D eigenvalue weighted by molar-refractivity contribution is -0.671. The molecule has 6 heteroatoms. The van der Waals surface area contributed by atoms with Crippen LogP contribution in [-0.4, -0.2) is 18.7 Å². The smallest absolute Gasteiger partial charge is 0.240 e. The van der Waals surface area contributed by atoms with Crippen LogP contribution in [0.4, 0.5) is 0 Å². The minimum atomic E-state index is -3.34. The number of imidazole rings is 1. The molecule has 0 radical (unpaired) electrons. The summed E-state index contributed by atoms with van der Waals surface area (Å²) < 4.78 is 25.0. The van der Waals surface area contributed by atoms with Gasteiger partial charge in [-0.3, -0.25) is 0 Å². The summed E-state index contributed by atoms with van der Waals surface area (Å²) in [7, 11) is 3.64. The lowest BCUT2D eigenvalue weighted by Gasteiger charge is -1.94. The maximum Gasteiger partial charge on any atom is 0.243 e. The van der Waals surface area contributed by atoms with Crippen molar-refractivity contribution in [2.45, 2.75) is 13.0 Å². The molecule has 13 heavy (non-hydrogen) atoms. The molecule has 0 atom stereocenters. The topological polar surface area (TPSA) is 43.0 Å². The summed E-state index contributed by atoms with van der Waals surface area (Å²) in [5.74, 6) is 0.0243. The third-order valence-electron chi connectivity index (χ3n) is 1.63. The number of nitrogens with zero attached hydrogens (tertiary/aromatic N) is 2. The molecule has 0 bridgehead atoms. The molecular formula is C7H12ClN2O2S+. The van der Waals surface area contributed by atoms with Crippen molar-refractivity contribution in [3.8, 4) is 0 Å². The van der Waals surface area contributed by atoms with Gasteiger partial charge >= 0.3 is 0 Å². The maximum absolute atomic E-state index is 10.6. The second kappa shape index (κ2) is 4.11. The van der Waals surface area contributed by atoms with Crippen molar-refractivity contribution in [2.75, 3.05) is 5.75 Å². The van der Waals surface area contributed by atoms with Crippen molar-refractivity contribution in [1.29, 1.82) is 0 Å². The van der Waals surface area contributed by atoms with E-state index in [0.717, 1.165) is 0 Å². The zero-order valence-electron chi connectivity index (χ0n) is 7.35. The second-order valence-corrected chi connectivity index (χ2v) is 5.81. The van der Waals surface area contributed by atoms with Crippen molar-refractivity contribution in [3.63, 3.8) is 0 Å². The first-order valence-corrected chi connectivity index (χ1v) is 6.38. The minimum absolute atomic E-state index is 0.0243. The van der Waals surface area contributed by atoms with Gasteiger partial charge in [-0.15, -0.1) is 0 Å². The van der Waals surface area contributed by atoms with Gasteiger partial charge in [0.1, 0.15) is 12.4 Å². The normalized spacial score (nSPS) is 11.8. The molecule has 0 N–H and O–H groups in total. The molecule has 0 saturated heterocycles. The fourth-order valence-corrected chi connectivity index (χ4v) is 1.85. The van der Waals surface area contributed by atoms with Crippen LogP contribution >= 0.6 is 10.7 Å². The summed E-state index contributed by atoms with van der Waals surface area (Å²) >= 11 is 0. The number of aryl methyl sites for hydroxylation is 2. The number of halogens is 1. The Bertz CT molecular complexity index is 372. The monoisotopic (exact) mass is 223 g/mol. The molecular weight excluding hydrogens is 212 g/mol. The van der Waals surface area contributed by atoms with E-state index >= 15 is 0 Å². The molecule has 74 valence electrons. The highest BCUT2D eigenvalue weighted by Gasteiger charge is 2.06. The number of hydrogen-bond donors (Lipinski definition) is 0. The molecule has 0 fully saturated rings. The van der Waals surface area contributed by atoms with Crippen molar-refractivity contribution >= 4 is 19.7 Å². The van der Waals surface area contributed by atoms with E-state index in [-0.39, 0.29) is 5.75 Å². The molecule has 1 heterocycles. The Morgan fingerprint density at radius 1 is 1.54 bits per heavy atom. The summed E-state index contributed by atoms with van der Waals surface area (Å²) in [5.41, 5.74) is 0. The van der Waals surface area contributed by atoms with Gasteiger partial charge in [-0.1, -0.05) is 0 Å². The Morgan fingerprint density at radius 2 is 2.23 bits per heavy atom. The van der Waals surface area contributed by atoms with E-state index in [4.69, 9.17) is 10.7 Å². The lowest BCUT2D eigenvalue weighted by Crippen LogP contribution is -2.23. The van der Waals surface area contributed by atoms with Gasteiger partial charge < -0.3 is 0 Å². The Kier molecular flexibility index (Phi) is 3.33. The molecule has 0 aliphatic heterocycles. The van der Waals surface area contributed by atoms with E-state index in [0.29, 0.717) is 13.0 Å². The van der Waals surface area contributed by atoms with E-state index < -0.39 is 9.05 Å². The summed E-state index contributed by atoms with van der Waals surface area (Å²) in [4.78, 5) is 0. The van der Waals surface area contributed by atoms with Crippen LogP contribution in [0, 0.1) is 0 Å². The SMILES string of the molecule is C[n+]1ccn(CCCS(=O)(=O)Cl)c1. The maximum atomic E-state index is 10.6. The van der Waals surface area contributed by atoms with Crippen molar-refractivity contribution in [1.82, 2.24) is 4.57 Å². The largest absolute Gasteiger partial charge is 0.243 e. The zero-order valence-corrected chi connectivity index (χ0v) is 8.92. The van der Waals surface area contributed by atoms with Crippen LogP contribution in [-0.2, 0) is 22.6 Å². The summed E-state index contributed by atoms with van der Waals surface area (Å²) in [6.07, 6.45) is 6.22. The van der Waals surface area contributed by atoms with E-state index in [2.05, 4.69) is 0 Å². The van der Waals surface area contributed by atoms with Crippen LogP contribution in [0.1, 0.15) is 6.42 Å². The van der Waals surface area contributed by atoms with Gasteiger partial charge in [-0.05, 0) is 0 Å². The Morgan fingerprint density at radius 3 is 2.69 bits per heavy atom. The predicted octanol–water partition coefficient (Wildman–Crippen LogP) is 0.271. The Labute approximate surface area is 82.2 Å². The van der Waals surface area contributed by atoms with Gasteiger partial charge in [-0.2, -0.15) is 0 Å². The summed E-state index contributed by atoms with van der Waals surface area (Å²) in [6.45, 7) is 0.673. The van der Waals surface area contributed by atoms with E-state index in [9.17, 15) is 8.42 Å². The highest BCUT2D eigenvalue weighted by atomic mass is 35.7. The molecule has 0 saturated carbocycles. The number of aromatic nitrogens is 2. The first-order chi connectivity index (χ1) is 5.97. The molecule has 0 unspecified atom stereocenters. The predicted molar refractivity (Wildman–Crippen MR) is 49.9 cm³/mol. The average Bonchev–Trinajstić information content (AvgIpc) is 2.33. The average molecular weight is 224 g/mol. The van der Waals surface area contributed by atoms with Gasteiger partial charge in [0.15, 0.2) is 0 Å². The second-order valence-electron chi connectivity index (χ2n) is 2.91. The lowest BCUT2D eigenvalue weighted by atomic mass is 10.5. The standard InChI is InChI=1S/C7H12ClN2O2S/c1-9-4-5-10(7-9)3-2-6-13(8,11)12/h4-5,7H,2-3,6H2,1H3/q+1.